The summed E-state index contributed by atoms with van der Waals surface area (Å²) in [5.41, 5.74) is 1.12. The first kappa shape index (κ1) is 19.8. The molecule has 0 aliphatic heterocycles. The predicted octanol–water partition coefficient (Wildman–Crippen LogP) is 4.11. The monoisotopic (exact) mass is 407 g/mol. The maximum absolute atomic E-state index is 12.5. The number of carbonyl (C=O) groups is 1. The number of aromatic nitrogens is 2. The molecule has 0 aliphatic carbocycles. The number of thiophene rings is 1. The van der Waals surface area contributed by atoms with Crippen LogP contribution in [0.4, 0.5) is 0 Å². The molecule has 1 amide bonds. The van der Waals surface area contributed by atoms with Gasteiger partial charge in [0.15, 0.2) is 0 Å². The van der Waals surface area contributed by atoms with Crippen LogP contribution in [0.15, 0.2) is 47.8 Å². The van der Waals surface area contributed by atoms with Gasteiger partial charge >= 0.3 is 0 Å². The zero-order valence-corrected chi connectivity index (χ0v) is 16.7. The minimum Gasteiger partial charge on any atom is -0.340 e. The van der Waals surface area contributed by atoms with Crippen LogP contribution in [0.25, 0.3) is 20.7 Å². The third-order valence-electron chi connectivity index (χ3n) is 4.02. The number of benzene rings is 1. The van der Waals surface area contributed by atoms with Crippen molar-refractivity contribution in [2.45, 2.75) is 17.9 Å². The first-order chi connectivity index (χ1) is 13.7. The number of rotatable bonds is 8. The average molecular weight is 408 g/mol. The number of hydrogen-bond acceptors (Lipinski definition) is 7. The molecule has 0 aliphatic rings. The van der Waals surface area contributed by atoms with Gasteiger partial charge in [0.25, 0.3) is 0 Å². The predicted molar refractivity (Wildman–Crippen MR) is 111 cm³/mol. The molecular formula is C20H17N5OS2. The second-order valence-corrected chi connectivity index (χ2v) is 7.85. The SMILES string of the molecule is N#CCCN(CCC#N)C(=O)CSc1ncnc2sc(-c3ccccc3)cc12. The van der Waals surface area contributed by atoms with E-state index >= 15 is 0 Å². The Hall–Kier alpha value is -2.94. The first-order valence-corrected chi connectivity index (χ1v) is 10.5. The lowest BCUT2D eigenvalue weighted by atomic mass is 10.2. The van der Waals surface area contributed by atoms with E-state index in [9.17, 15) is 4.79 Å². The summed E-state index contributed by atoms with van der Waals surface area (Å²) < 4.78 is 0. The molecule has 3 rings (SSSR count). The van der Waals surface area contributed by atoms with Gasteiger partial charge in [-0.2, -0.15) is 10.5 Å². The van der Waals surface area contributed by atoms with Crippen molar-refractivity contribution < 1.29 is 4.79 Å². The summed E-state index contributed by atoms with van der Waals surface area (Å²) in [7, 11) is 0. The quantitative estimate of drug-likeness (QED) is 0.412. The van der Waals surface area contributed by atoms with Crippen molar-refractivity contribution in [1.82, 2.24) is 14.9 Å². The maximum atomic E-state index is 12.5. The van der Waals surface area contributed by atoms with E-state index in [4.69, 9.17) is 10.5 Å². The molecule has 2 aromatic heterocycles. The molecule has 0 saturated carbocycles. The maximum Gasteiger partial charge on any atom is 0.233 e. The molecule has 0 saturated heterocycles. The molecule has 0 atom stereocenters. The van der Waals surface area contributed by atoms with Crippen molar-refractivity contribution in [3.8, 4) is 22.6 Å². The third-order valence-corrected chi connectivity index (χ3v) is 6.11. The van der Waals surface area contributed by atoms with Crippen LogP contribution in [0.2, 0.25) is 0 Å². The van der Waals surface area contributed by atoms with E-state index in [1.54, 1.807) is 16.2 Å². The van der Waals surface area contributed by atoms with E-state index in [1.165, 1.54) is 18.1 Å². The number of amides is 1. The molecule has 140 valence electrons. The summed E-state index contributed by atoms with van der Waals surface area (Å²) in [5.74, 6) is 0.111. The smallest absolute Gasteiger partial charge is 0.233 e. The minimum atomic E-state index is -0.0965. The summed E-state index contributed by atoms with van der Waals surface area (Å²) in [4.78, 5) is 24.8. The normalized spacial score (nSPS) is 10.4. The van der Waals surface area contributed by atoms with E-state index in [0.717, 1.165) is 25.7 Å². The Balaban J connectivity index is 1.75. The Kier molecular flexibility index (Phi) is 6.96. The summed E-state index contributed by atoms with van der Waals surface area (Å²) in [6, 6.07) is 16.2. The zero-order valence-electron chi connectivity index (χ0n) is 15.0. The van der Waals surface area contributed by atoms with E-state index in [0.29, 0.717) is 13.1 Å². The summed E-state index contributed by atoms with van der Waals surface area (Å²) in [5, 5.41) is 19.2. The zero-order chi connectivity index (χ0) is 19.8. The minimum absolute atomic E-state index is 0.0965. The van der Waals surface area contributed by atoms with E-state index in [2.05, 4.69) is 28.2 Å². The molecule has 0 unspecified atom stereocenters. The fraction of sp³-hybridized carbons (Fsp3) is 0.250. The lowest BCUT2D eigenvalue weighted by Gasteiger charge is -2.20. The summed E-state index contributed by atoms with van der Waals surface area (Å²) in [6.45, 7) is 0.681. The van der Waals surface area contributed by atoms with E-state index in [-0.39, 0.29) is 24.5 Å². The van der Waals surface area contributed by atoms with Gasteiger partial charge < -0.3 is 4.90 Å². The van der Waals surface area contributed by atoms with Gasteiger partial charge in [-0.05, 0) is 11.6 Å². The van der Waals surface area contributed by atoms with Crippen LogP contribution in [-0.4, -0.2) is 39.6 Å². The molecule has 2 heterocycles. The Morgan fingerprint density at radius 1 is 1.11 bits per heavy atom. The highest BCUT2D eigenvalue weighted by atomic mass is 32.2. The van der Waals surface area contributed by atoms with Crippen LogP contribution in [0, 0.1) is 22.7 Å². The Morgan fingerprint density at radius 2 is 1.82 bits per heavy atom. The van der Waals surface area contributed by atoms with Crippen LogP contribution in [-0.2, 0) is 4.79 Å². The lowest BCUT2D eigenvalue weighted by Crippen LogP contribution is -2.34. The fourth-order valence-electron chi connectivity index (χ4n) is 2.65. The van der Waals surface area contributed by atoms with Crippen LogP contribution in [0.3, 0.4) is 0 Å². The van der Waals surface area contributed by atoms with E-state index < -0.39 is 0 Å². The molecular weight excluding hydrogens is 390 g/mol. The van der Waals surface area contributed by atoms with Crippen molar-refractivity contribution in [3.05, 3.63) is 42.7 Å². The van der Waals surface area contributed by atoms with Gasteiger partial charge in [0, 0.05) is 23.4 Å². The number of carbonyl (C=O) groups excluding carboxylic acids is 1. The third kappa shape index (κ3) is 4.86. The number of hydrogen-bond donors (Lipinski definition) is 0. The van der Waals surface area contributed by atoms with Gasteiger partial charge in [0.05, 0.1) is 30.7 Å². The van der Waals surface area contributed by atoms with Gasteiger partial charge in [-0.3, -0.25) is 4.79 Å². The lowest BCUT2D eigenvalue weighted by molar-refractivity contribution is -0.128. The average Bonchev–Trinajstić information content (AvgIpc) is 3.18. The second-order valence-electron chi connectivity index (χ2n) is 5.86. The summed E-state index contributed by atoms with van der Waals surface area (Å²) >= 11 is 2.96. The van der Waals surface area contributed by atoms with Gasteiger partial charge in [0.1, 0.15) is 16.2 Å². The fourth-order valence-corrected chi connectivity index (χ4v) is 4.59. The molecule has 0 bridgehead atoms. The number of thioether (sulfide) groups is 1. The molecule has 0 fully saturated rings. The van der Waals surface area contributed by atoms with Crippen molar-refractivity contribution in [2.75, 3.05) is 18.8 Å². The van der Waals surface area contributed by atoms with Crippen molar-refractivity contribution in [2.24, 2.45) is 0 Å². The van der Waals surface area contributed by atoms with Crippen molar-refractivity contribution >= 4 is 39.2 Å². The molecule has 1 aromatic carbocycles. The number of fused-ring (bicyclic) bond motifs is 1. The molecule has 6 nitrogen and oxygen atoms in total. The molecule has 0 N–H and O–H groups in total. The standard InChI is InChI=1S/C20H17N5OS2/c21-8-4-10-25(11-5-9-22)18(26)13-27-19-16-12-17(15-6-2-1-3-7-15)28-20(16)24-14-23-19/h1-3,6-7,12,14H,4-5,10-11,13H2. The van der Waals surface area contributed by atoms with Gasteiger partial charge in [-0.15, -0.1) is 11.3 Å². The van der Waals surface area contributed by atoms with Crippen LogP contribution in [0.5, 0.6) is 0 Å². The Labute approximate surface area is 171 Å². The van der Waals surface area contributed by atoms with Crippen LogP contribution >= 0.6 is 23.1 Å². The Morgan fingerprint density at radius 3 is 2.50 bits per heavy atom. The van der Waals surface area contributed by atoms with Gasteiger partial charge in [0.2, 0.25) is 5.91 Å². The van der Waals surface area contributed by atoms with Crippen molar-refractivity contribution in [1.29, 1.82) is 10.5 Å². The highest BCUT2D eigenvalue weighted by Gasteiger charge is 2.16. The van der Waals surface area contributed by atoms with Crippen LogP contribution in [0.1, 0.15) is 12.8 Å². The summed E-state index contributed by atoms with van der Waals surface area (Å²) in [6.07, 6.45) is 2.03. The van der Waals surface area contributed by atoms with Crippen LogP contribution < -0.4 is 0 Å². The van der Waals surface area contributed by atoms with Gasteiger partial charge in [-0.25, -0.2) is 9.97 Å². The van der Waals surface area contributed by atoms with E-state index in [1.807, 2.05) is 30.3 Å². The highest BCUT2D eigenvalue weighted by Crippen LogP contribution is 2.36. The number of nitriles is 2. The molecule has 3 aromatic rings. The molecule has 0 spiro atoms. The second kappa shape index (κ2) is 9.84. The van der Waals surface area contributed by atoms with Crippen molar-refractivity contribution in [3.63, 3.8) is 0 Å². The molecule has 0 radical (unpaired) electrons. The first-order valence-electron chi connectivity index (χ1n) is 8.67. The largest absolute Gasteiger partial charge is 0.340 e. The topological polar surface area (TPSA) is 93.7 Å². The number of nitrogens with zero attached hydrogens (tertiary/aromatic N) is 5. The Bertz CT molecular complexity index is 1020. The highest BCUT2D eigenvalue weighted by molar-refractivity contribution is 8.00. The molecule has 28 heavy (non-hydrogen) atoms. The van der Waals surface area contributed by atoms with Gasteiger partial charge in [-0.1, -0.05) is 42.1 Å². The molecule has 8 heteroatoms.